The van der Waals surface area contributed by atoms with Crippen LogP contribution in [0.25, 0.3) is 0 Å². The van der Waals surface area contributed by atoms with E-state index in [2.05, 4.69) is 24.3 Å². The second kappa shape index (κ2) is 8.10. The predicted octanol–water partition coefficient (Wildman–Crippen LogP) is 4.62. The molecule has 1 aliphatic rings. The quantitative estimate of drug-likeness (QED) is 0.475. The molecule has 0 spiro atoms. The van der Waals surface area contributed by atoms with Crippen molar-refractivity contribution < 1.29 is 0 Å². The molecule has 0 heterocycles. The summed E-state index contributed by atoms with van der Waals surface area (Å²) in [5.74, 6) is 0. The molecule has 0 heteroatoms. The van der Waals surface area contributed by atoms with Crippen LogP contribution in [0.3, 0.4) is 0 Å². The van der Waals surface area contributed by atoms with Crippen molar-refractivity contribution in [1.29, 1.82) is 0 Å². The van der Waals surface area contributed by atoms with Crippen LogP contribution in [0.1, 0.15) is 57.8 Å². The minimum atomic E-state index is 1.23. The highest BCUT2D eigenvalue weighted by Crippen LogP contribution is 2.09. The fourth-order valence-corrected chi connectivity index (χ4v) is 1.72. The summed E-state index contributed by atoms with van der Waals surface area (Å²) in [6, 6.07) is 0. The van der Waals surface area contributed by atoms with Crippen molar-refractivity contribution in [3.05, 3.63) is 24.3 Å². The van der Waals surface area contributed by atoms with E-state index in [1.165, 1.54) is 57.8 Å². The minimum absolute atomic E-state index is 1.23. The molecule has 0 amide bonds. The van der Waals surface area contributed by atoms with Gasteiger partial charge in [-0.25, -0.2) is 0 Å². The Balaban J connectivity index is 2.18. The molecule has 0 radical (unpaired) electrons. The van der Waals surface area contributed by atoms with Crippen molar-refractivity contribution >= 4 is 0 Å². The SMILES string of the molecule is C1=C\CCCCCCC/C=C\CC/1. The van der Waals surface area contributed by atoms with Gasteiger partial charge in [0.1, 0.15) is 0 Å². The Kier molecular flexibility index (Phi) is 6.58. The lowest BCUT2D eigenvalue weighted by Gasteiger charge is -1.97. The first-order chi connectivity index (χ1) is 6.50. The maximum absolute atomic E-state index is 2.35. The zero-order chi connectivity index (χ0) is 9.19. The summed E-state index contributed by atoms with van der Waals surface area (Å²) in [6.07, 6.45) is 21.5. The summed E-state index contributed by atoms with van der Waals surface area (Å²) in [6.45, 7) is 0. The van der Waals surface area contributed by atoms with Crippen molar-refractivity contribution in [2.75, 3.05) is 0 Å². The number of hydrogen-bond donors (Lipinski definition) is 0. The molecule has 0 aromatic heterocycles. The van der Waals surface area contributed by atoms with Gasteiger partial charge in [0, 0.05) is 0 Å². The Morgan fingerprint density at radius 2 is 0.769 bits per heavy atom. The van der Waals surface area contributed by atoms with Crippen molar-refractivity contribution in [2.45, 2.75) is 57.8 Å². The van der Waals surface area contributed by atoms with Crippen molar-refractivity contribution in [1.82, 2.24) is 0 Å². The molecule has 0 saturated heterocycles. The van der Waals surface area contributed by atoms with Gasteiger partial charge in [0.2, 0.25) is 0 Å². The second-order valence-corrected chi connectivity index (χ2v) is 3.87. The molecular weight excluding hydrogens is 156 g/mol. The Morgan fingerprint density at radius 3 is 1.31 bits per heavy atom. The smallest absolute Gasteiger partial charge is 0.0316 e. The van der Waals surface area contributed by atoms with E-state index in [0.717, 1.165) is 0 Å². The van der Waals surface area contributed by atoms with E-state index in [4.69, 9.17) is 0 Å². The largest absolute Gasteiger partial charge is 0.0885 e. The summed E-state index contributed by atoms with van der Waals surface area (Å²) in [7, 11) is 0. The fraction of sp³-hybridized carbons (Fsp3) is 0.692. The average Bonchev–Trinajstić information content (AvgIpc) is 2.18. The first kappa shape index (κ1) is 10.6. The molecule has 0 aromatic rings. The van der Waals surface area contributed by atoms with Crippen LogP contribution in [-0.4, -0.2) is 0 Å². The third-order valence-electron chi connectivity index (χ3n) is 2.57. The van der Waals surface area contributed by atoms with Crippen LogP contribution in [0.4, 0.5) is 0 Å². The van der Waals surface area contributed by atoms with E-state index in [1.54, 1.807) is 0 Å². The van der Waals surface area contributed by atoms with E-state index >= 15 is 0 Å². The summed E-state index contributed by atoms with van der Waals surface area (Å²) < 4.78 is 0. The minimum Gasteiger partial charge on any atom is -0.0885 e. The molecule has 0 bridgehead atoms. The van der Waals surface area contributed by atoms with Gasteiger partial charge in [0.25, 0.3) is 0 Å². The molecular formula is C13H22. The second-order valence-electron chi connectivity index (χ2n) is 3.87. The van der Waals surface area contributed by atoms with Gasteiger partial charge < -0.3 is 0 Å². The van der Waals surface area contributed by atoms with Gasteiger partial charge >= 0.3 is 0 Å². The van der Waals surface area contributed by atoms with Gasteiger partial charge in [-0.3, -0.25) is 0 Å². The van der Waals surface area contributed by atoms with Gasteiger partial charge in [-0.1, -0.05) is 43.6 Å². The van der Waals surface area contributed by atoms with Crippen LogP contribution in [0.15, 0.2) is 24.3 Å². The third-order valence-corrected chi connectivity index (χ3v) is 2.57. The topological polar surface area (TPSA) is 0 Å². The fourth-order valence-electron chi connectivity index (χ4n) is 1.72. The average molecular weight is 178 g/mol. The van der Waals surface area contributed by atoms with Crippen LogP contribution in [-0.2, 0) is 0 Å². The molecule has 0 aromatic carbocycles. The number of rotatable bonds is 0. The van der Waals surface area contributed by atoms with Crippen molar-refractivity contribution in [3.8, 4) is 0 Å². The first-order valence-corrected chi connectivity index (χ1v) is 5.80. The van der Waals surface area contributed by atoms with Crippen LogP contribution in [0, 0.1) is 0 Å². The first-order valence-electron chi connectivity index (χ1n) is 5.80. The molecule has 0 N–H and O–H groups in total. The summed E-state index contributed by atoms with van der Waals surface area (Å²) in [5, 5.41) is 0. The van der Waals surface area contributed by atoms with Crippen LogP contribution in [0.5, 0.6) is 0 Å². The molecule has 0 nitrogen and oxygen atoms in total. The maximum atomic E-state index is 2.35. The van der Waals surface area contributed by atoms with Crippen molar-refractivity contribution in [2.24, 2.45) is 0 Å². The molecule has 1 rings (SSSR count). The standard InChI is InChI=1S/C13H22/c1-2-4-6-8-10-12-13-11-9-7-5-3-1/h1-2,7,9H,3-6,8,10-13H2/b2-1-,9-7-. The Bertz CT molecular complexity index is 135. The van der Waals surface area contributed by atoms with Gasteiger partial charge in [0.15, 0.2) is 0 Å². The van der Waals surface area contributed by atoms with Gasteiger partial charge in [-0.15, -0.1) is 0 Å². The number of hydrogen-bond acceptors (Lipinski definition) is 0. The van der Waals surface area contributed by atoms with Crippen LogP contribution < -0.4 is 0 Å². The van der Waals surface area contributed by atoms with Crippen LogP contribution >= 0.6 is 0 Å². The molecule has 13 heavy (non-hydrogen) atoms. The van der Waals surface area contributed by atoms with E-state index < -0.39 is 0 Å². The van der Waals surface area contributed by atoms with Gasteiger partial charge in [-0.2, -0.15) is 0 Å². The molecule has 0 saturated carbocycles. The lowest BCUT2D eigenvalue weighted by atomic mass is 10.1. The molecule has 1 aliphatic carbocycles. The Labute approximate surface area is 82.7 Å². The van der Waals surface area contributed by atoms with Gasteiger partial charge in [-0.05, 0) is 38.5 Å². The monoisotopic (exact) mass is 178 g/mol. The molecule has 0 atom stereocenters. The summed E-state index contributed by atoms with van der Waals surface area (Å²) >= 11 is 0. The highest BCUT2D eigenvalue weighted by molar-refractivity contribution is 4.88. The lowest BCUT2D eigenvalue weighted by molar-refractivity contribution is 0.622. The normalized spacial score (nSPS) is 26.5. The van der Waals surface area contributed by atoms with E-state index in [9.17, 15) is 0 Å². The zero-order valence-corrected chi connectivity index (χ0v) is 8.67. The zero-order valence-electron chi connectivity index (χ0n) is 8.67. The number of allylic oxidation sites excluding steroid dienone is 4. The highest BCUT2D eigenvalue weighted by Gasteiger charge is 1.89. The summed E-state index contributed by atoms with van der Waals surface area (Å²) in [5.41, 5.74) is 0. The van der Waals surface area contributed by atoms with Gasteiger partial charge in [0.05, 0.1) is 0 Å². The Morgan fingerprint density at radius 1 is 0.385 bits per heavy atom. The maximum Gasteiger partial charge on any atom is -0.0316 e. The van der Waals surface area contributed by atoms with Crippen LogP contribution in [0.2, 0.25) is 0 Å². The highest BCUT2D eigenvalue weighted by atomic mass is 14.0. The third kappa shape index (κ3) is 6.62. The predicted molar refractivity (Wildman–Crippen MR) is 59.8 cm³/mol. The van der Waals surface area contributed by atoms with E-state index in [1.807, 2.05) is 0 Å². The summed E-state index contributed by atoms with van der Waals surface area (Å²) in [4.78, 5) is 0. The Hall–Kier alpha value is -0.520. The van der Waals surface area contributed by atoms with E-state index in [0.29, 0.717) is 0 Å². The molecule has 0 aliphatic heterocycles. The lowest BCUT2D eigenvalue weighted by Crippen LogP contribution is -1.77. The molecule has 74 valence electrons. The van der Waals surface area contributed by atoms with E-state index in [-0.39, 0.29) is 0 Å². The molecule has 0 fully saturated rings. The molecule has 0 unspecified atom stereocenters. The van der Waals surface area contributed by atoms with Crippen molar-refractivity contribution in [3.63, 3.8) is 0 Å².